The smallest absolute Gasteiger partial charge is 0.143 e. The van der Waals surface area contributed by atoms with Crippen molar-refractivity contribution in [3.8, 4) is 5.75 Å². The fraction of sp³-hybridized carbons (Fsp3) is 0.667. The zero-order valence-corrected chi connectivity index (χ0v) is 14.3. The van der Waals surface area contributed by atoms with Gasteiger partial charge in [-0.3, -0.25) is 4.90 Å². The Balaban J connectivity index is 1.92. The van der Waals surface area contributed by atoms with Crippen LogP contribution in [0.5, 0.6) is 5.75 Å². The van der Waals surface area contributed by atoms with Gasteiger partial charge in [-0.15, -0.1) is 0 Å². The normalized spacial score (nSPS) is 25.0. The SMILES string of the molecule is CCc1cc(N)c(OC)cc1N1CC2CCC1CN2C(C)C. The minimum Gasteiger partial charge on any atom is -0.495 e. The number of ether oxygens (including phenoxy) is 1. The number of hydrogen-bond donors (Lipinski definition) is 1. The average molecular weight is 303 g/mol. The van der Waals surface area contributed by atoms with Crippen molar-refractivity contribution in [3.05, 3.63) is 17.7 Å². The molecule has 3 aliphatic rings. The van der Waals surface area contributed by atoms with Crippen LogP contribution in [-0.2, 0) is 6.42 Å². The van der Waals surface area contributed by atoms with Gasteiger partial charge in [-0.1, -0.05) is 6.92 Å². The molecule has 2 unspecified atom stereocenters. The molecule has 0 spiro atoms. The van der Waals surface area contributed by atoms with Crippen molar-refractivity contribution >= 4 is 11.4 Å². The van der Waals surface area contributed by atoms with Crippen LogP contribution in [0.2, 0.25) is 0 Å². The Hall–Kier alpha value is -1.42. The summed E-state index contributed by atoms with van der Waals surface area (Å²) in [6.45, 7) is 9.14. The predicted molar refractivity (Wildman–Crippen MR) is 92.8 cm³/mol. The van der Waals surface area contributed by atoms with Crippen molar-refractivity contribution in [2.45, 2.75) is 58.2 Å². The summed E-state index contributed by atoms with van der Waals surface area (Å²) in [6.07, 6.45) is 3.63. The maximum Gasteiger partial charge on any atom is 0.143 e. The summed E-state index contributed by atoms with van der Waals surface area (Å²) in [7, 11) is 1.70. The van der Waals surface area contributed by atoms with E-state index in [4.69, 9.17) is 10.5 Å². The molecule has 0 amide bonds. The van der Waals surface area contributed by atoms with E-state index in [9.17, 15) is 0 Å². The number of anilines is 2. The quantitative estimate of drug-likeness (QED) is 0.869. The summed E-state index contributed by atoms with van der Waals surface area (Å²) in [5.74, 6) is 0.800. The minimum atomic E-state index is 0.617. The van der Waals surface area contributed by atoms with Crippen molar-refractivity contribution < 1.29 is 4.74 Å². The van der Waals surface area contributed by atoms with Gasteiger partial charge < -0.3 is 15.4 Å². The van der Waals surface area contributed by atoms with Crippen molar-refractivity contribution in [2.75, 3.05) is 30.8 Å². The molecular weight excluding hydrogens is 274 g/mol. The molecule has 3 heterocycles. The Morgan fingerprint density at radius 3 is 2.50 bits per heavy atom. The predicted octanol–water partition coefficient (Wildman–Crippen LogP) is 2.90. The summed E-state index contributed by atoms with van der Waals surface area (Å²) in [5, 5.41) is 0. The summed E-state index contributed by atoms with van der Waals surface area (Å²) >= 11 is 0. The number of benzene rings is 1. The largest absolute Gasteiger partial charge is 0.495 e. The first-order valence-corrected chi connectivity index (χ1v) is 8.53. The highest BCUT2D eigenvalue weighted by atomic mass is 16.5. The van der Waals surface area contributed by atoms with Crippen LogP contribution in [0.15, 0.2) is 12.1 Å². The Morgan fingerprint density at radius 1 is 1.23 bits per heavy atom. The number of nitrogen functional groups attached to an aromatic ring is 1. The van der Waals surface area contributed by atoms with E-state index in [1.165, 1.54) is 30.6 Å². The molecule has 3 aliphatic heterocycles. The topological polar surface area (TPSA) is 41.7 Å². The van der Waals surface area contributed by atoms with E-state index < -0.39 is 0 Å². The van der Waals surface area contributed by atoms with Crippen LogP contribution < -0.4 is 15.4 Å². The van der Waals surface area contributed by atoms with Crippen LogP contribution in [0.25, 0.3) is 0 Å². The lowest BCUT2D eigenvalue weighted by atomic mass is 9.88. The highest BCUT2D eigenvalue weighted by molar-refractivity contribution is 5.67. The molecule has 4 rings (SSSR count). The highest BCUT2D eigenvalue weighted by Gasteiger charge is 2.40. The fourth-order valence-electron chi connectivity index (χ4n) is 4.15. The second kappa shape index (κ2) is 5.99. The van der Waals surface area contributed by atoms with Crippen LogP contribution in [0.4, 0.5) is 11.4 Å². The molecule has 1 aromatic carbocycles. The molecule has 4 heteroatoms. The van der Waals surface area contributed by atoms with Gasteiger partial charge in [-0.2, -0.15) is 0 Å². The third-order valence-electron chi connectivity index (χ3n) is 5.36. The van der Waals surface area contributed by atoms with Crippen LogP contribution in [-0.4, -0.2) is 43.2 Å². The number of nitrogens with zero attached hydrogens (tertiary/aromatic N) is 2. The Kier molecular flexibility index (Phi) is 4.22. The average Bonchev–Trinajstić information content (AvgIpc) is 2.54. The number of nitrogens with two attached hydrogens (primary N) is 1. The molecule has 0 aliphatic carbocycles. The van der Waals surface area contributed by atoms with Gasteiger partial charge in [0.15, 0.2) is 0 Å². The van der Waals surface area contributed by atoms with Crippen molar-refractivity contribution in [2.24, 2.45) is 0 Å². The van der Waals surface area contributed by atoms with Gasteiger partial charge in [0.2, 0.25) is 0 Å². The number of rotatable bonds is 4. The van der Waals surface area contributed by atoms with Gasteiger partial charge in [-0.25, -0.2) is 0 Å². The fourth-order valence-corrected chi connectivity index (χ4v) is 4.15. The molecule has 0 aromatic heterocycles. The molecule has 2 N–H and O–H groups in total. The van der Waals surface area contributed by atoms with Crippen molar-refractivity contribution in [3.63, 3.8) is 0 Å². The van der Waals surface area contributed by atoms with Crippen LogP contribution in [0, 0.1) is 0 Å². The molecular formula is C18H29N3O. The molecule has 4 nitrogen and oxygen atoms in total. The van der Waals surface area contributed by atoms with Crippen molar-refractivity contribution in [1.29, 1.82) is 0 Å². The lowest BCUT2D eigenvalue weighted by Gasteiger charge is -2.54. The van der Waals surface area contributed by atoms with Gasteiger partial charge in [0, 0.05) is 43.0 Å². The van der Waals surface area contributed by atoms with Crippen LogP contribution in [0.3, 0.4) is 0 Å². The van der Waals surface area contributed by atoms with Gasteiger partial charge in [0.25, 0.3) is 0 Å². The maximum absolute atomic E-state index is 6.09. The molecule has 22 heavy (non-hydrogen) atoms. The third-order valence-corrected chi connectivity index (χ3v) is 5.36. The van der Waals surface area contributed by atoms with Gasteiger partial charge >= 0.3 is 0 Å². The lowest BCUT2D eigenvalue weighted by molar-refractivity contribution is 0.0672. The molecule has 2 atom stereocenters. The monoisotopic (exact) mass is 303 g/mol. The van der Waals surface area contributed by atoms with Crippen molar-refractivity contribution in [1.82, 2.24) is 4.90 Å². The molecule has 122 valence electrons. The summed E-state index contributed by atoms with van der Waals surface area (Å²) in [4.78, 5) is 5.28. The van der Waals surface area contributed by atoms with E-state index in [2.05, 4.69) is 42.7 Å². The molecule has 2 bridgehead atoms. The van der Waals surface area contributed by atoms with Gasteiger partial charge in [0.1, 0.15) is 5.75 Å². The first kappa shape index (κ1) is 15.5. The van der Waals surface area contributed by atoms with E-state index in [0.717, 1.165) is 24.4 Å². The van der Waals surface area contributed by atoms with E-state index in [1.54, 1.807) is 7.11 Å². The molecule has 0 saturated carbocycles. The zero-order chi connectivity index (χ0) is 15.9. The van der Waals surface area contributed by atoms with Gasteiger partial charge in [0.05, 0.1) is 12.8 Å². The number of piperazine rings is 1. The number of methoxy groups -OCH3 is 1. The van der Waals surface area contributed by atoms with E-state index in [1.807, 2.05) is 0 Å². The lowest BCUT2D eigenvalue weighted by Crippen LogP contribution is -2.64. The molecule has 0 radical (unpaired) electrons. The number of piperidine rings is 2. The number of fused-ring (bicyclic) bond motifs is 3. The second-order valence-corrected chi connectivity index (χ2v) is 6.90. The summed E-state index contributed by atoms with van der Waals surface area (Å²) in [5.41, 5.74) is 9.50. The maximum atomic E-state index is 6.09. The highest BCUT2D eigenvalue weighted by Crippen LogP contribution is 2.38. The van der Waals surface area contributed by atoms with Crippen LogP contribution in [0.1, 0.15) is 39.2 Å². The molecule has 3 saturated heterocycles. The third kappa shape index (κ3) is 2.54. The summed E-state index contributed by atoms with van der Waals surface area (Å²) < 4.78 is 5.45. The van der Waals surface area contributed by atoms with E-state index >= 15 is 0 Å². The van der Waals surface area contributed by atoms with E-state index in [-0.39, 0.29) is 0 Å². The van der Waals surface area contributed by atoms with E-state index in [0.29, 0.717) is 18.1 Å². The Morgan fingerprint density at radius 2 is 1.95 bits per heavy atom. The second-order valence-electron chi connectivity index (χ2n) is 6.90. The van der Waals surface area contributed by atoms with Gasteiger partial charge in [-0.05, 0) is 44.7 Å². The number of hydrogen-bond acceptors (Lipinski definition) is 4. The first-order valence-electron chi connectivity index (χ1n) is 8.53. The molecule has 3 fully saturated rings. The Labute approximate surface area is 134 Å². The number of aryl methyl sites for hydroxylation is 1. The molecule has 1 aromatic rings. The minimum absolute atomic E-state index is 0.617. The summed E-state index contributed by atoms with van der Waals surface area (Å²) in [6, 6.07) is 6.18. The Bertz CT molecular complexity index is 543. The zero-order valence-electron chi connectivity index (χ0n) is 14.3. The standard InChI is InChI=1S/C18H29N3O/c1-5-13-8-16(19)18(22-4)9-17(13)21-11-14-6-7-15(21)10-20(14)12(2)3/h8-9,12,14-15H,5-7,10-11,19H2,1-4H3. The van der Waals surface area contributed by atoms with Crippen LogP contribution >= 0.6 is 0 Å². The first-order chi connectivity index (χ1) is 10.5.